The van der Waals surface area contributed by atoms with Crippen LogP contribution in [0, 0.1) is 5.82 Å². The molecule has 0 saturated heterocycles. The van der Waals surface area contributed by atoms with Crippen molar-refractivity contribution in [1.29, 1.82) is 0 Å². The molecule has 1 N–H and O–H groups in total. The van der Waals surface area contributed by atoms with E-state index >= 15 is 0 Å². The highest BCUT2D eigenvalue weighted by Crippen LogP contribution is 2.15. The van der Waals surface area contributed by atoms with Gasteiger partial charge in [0.15, 0.2) is 0 Å². The summed E-state index contributed by atoms with van der Waals surface area (Å²) in [6.07, 6.45) is 2.03. The van der Waals surface area contributed by atoms with Gasteiger partial charge in [-0.1, -0.05) is 11.6 Å². The molecule has 0 radical (unpaired) electrons. The average molecular weight is 288 g/mol. The zero-order valence-corrected chi connectivity index (χ0v) is 10.4. The Morgan fingerprint density at radius 1 is 1.11 bits per heavy atom. The number of nitrogens with one attached hydrogen (secondary N) is 1. The van der Waals surface area contributed by atoms with E-state index in [4.69, 9.17) is 11.6 Å². The van der Waals surface area contributed by atoms with Gasteiger partial charge in [0.25, 0.3) is 10.0 Å². The summed E-state index contributed by atoms with van der Waals surface area (Å²) >= 11 is 5.56. The molecular formula is C10H7ClFN3O2S. The number of sulfonamides is 1. The Morgan fingerprint density at radius 2 is 1.89 bits per heavy atom. The molecule has 0 aliphatic carbocycles. The third kappa shape index (κ3) is 2.93. The van der Waals surface area contributed by atoms with Gasteiger partial charge in [0.1, 0.15) is 21.7 Å². The molecule has 0 saturated carbocycles. The Kier molecular flexibility index (Phi) is 3.44. The van der Waals surface area contributed by atoms with Crippen molar-refractivity contribution in [2.24, 2.45) is 0 Å². The molecule has 0 spiro atoms. The summed E-state index contributed by atoms with van der Waals surface area (Å²) in [4.78, 5) is 7.20. The molecule has 0 atom stereocenters. The number of aromatic nitrogens is 2. The number of rotatable bonds is 3. The molecule has 5 nitrogen and oxygen atoms in total. The van der Waals surface area contributed by atoms with E-state index in [-0.39, 0.29) is 15.9 Å². The van der Waals surface area contributed by atoms with Crippen LogP contribution in [-0.2, 0) is 10.0 Å². The molecule has 0 bridgehead atoms. The van der Waals surface area contributed by atoms with Crippen LogP contribution < -0.4 is 4.72 Å². The third-order valence-electron chi connectivity index (χ3n) is 1.98. The minimum absolute atomic E-state index is 0.0198. The SMILES string of the molecule is O=S(=O)(Nc1ccc(F)cn1)c1ccc(Cl)nc1. The summed E-state index contributed by atoms with van der Waals surface area (Å²) < 4.78 is 38.6. The lowest BCUT2D eigenvalue weighted by Crippen LogP contribution is -2.14. The maximum Gasteiger partial charge on any atom is 0.264 e. The first-order chi connectivity index (χ1) is 8.47. The standard InChI is InChI=1S/C10H7ClFN3O2S/c11-9-3-2-8(6-13-9)18(16,17)15-10-4-1-7(12)5-14-10/h1-6H,(H,14,15). The molecule has 18 heavy (non-hydrogen) atoms. The molecule has 0 amide bonds. The first-order valence-electron chi connectivity index (χ1n) is 4.73. The molecule has 2 aromatic rings. The number of pyridine rings is 2. The van der Waals surface area contributed by atoms with Crippen molar-refractivity contribution in [3.8, 4) is 0 Å². The molecule has 2 aromatic heterocycles. The molecule has 94 valence electrons. The van der Waals surface area contributed by atoms with E-state index in [9.17, 15) is 12.8 Å². The summed E-state index contributed by atoms with van der Waals surface area (Å²) in [7, 11) is -3.80. The lowest BCUT2D eigenvalue weighted by atomic mass is 10.5. The van der Waals surface area contributed by atoms with Crippen molar-refractivity contribution < 1.29 is 12.8 Å². The monoisotopic (exact) mass is 287 g/mol. The smallest absolute Gasteiger partial charge is 0.263 e. The van der Waals surface area contributed by atoms with Gasteiger partial charge in [0.05, 0.1) is 6.20 Å². The zero-order chi connectivity index (χ0) is 13.2. The van der Waals surface area contributed by atoms with Gasteiger partial charge in [-0.25, -0.2) is 22.8 Å². The van der Waals surface area contributed by atoms with E-state index in [0.29, 0.717) is 0 Å². The fourth-order valence-corrected chi connectivity index (χ4v) is 2.22. The first-order valence-corrected chi connectivity index (χ1v) is 6.59. The Labute approximate surface area is 108 Å². The van der Waals surface area contributed by atoms with Gasteiger partial charge in [-0.2, -0.15) is 0 Å². The van der Waals surface area contributed by atoms with Crippen LogP contribution in [0.15, 0.2) is 41.6 Å². The van der Waals surface area contributed by atoms with E-state index in [1.807, 2.05) is 0 Å². The molecule has 0 unspecified atom stereocenters. The molecular weight excluding hydrogens is 281 g/mol. The second kappa shape index (κ2) is 4.87. The van der Waals surface area contributed by atoms with Gasteiger partial charge in [0, 0.05) is 6.20 Å². The fourth-order valence-electron chi connectivity index (χ4n) is 1.15. The average Bonchev–Trinajstić information content (AvgIpc) is 2.32. The van der Waals surface area contributed by atoms with Crippen LogP contribution in [-0.4, -0.2) is 18.4 Å². The summed E-state index contributed by atoms with van der Waals surface area (Å²) in [6.45, 7) is 0. The van der Waals surface area contributed by atoms with E-state index in [2.05, 4.69) is 14.7 Å². The molecule has 0 aromatic carbocycles. The predicted octanol–water partition coefficient (Wildman–Crippen LogP) is 2.07. The maximum atomic E-state index is 12.6. The van der Waals surface area contributed by atoms with Crippen molar-refractivity contribution >= 4 is 27.4 Å². The van der Waals surface area contributed by atoms with Gasteiger partial charge in [-0.3, -0.25) is 4.72 Å². The minimum atomic E-state index is -3.80. The molecule has 0 fully saturated rings. The van der Waals surface area contributed by atoms with Crippen molar-refractivity contribution in [3.05, 3.63) is 47.6 Å². The Bertz CT molecular complexity index is 644. The van der Waals surface area contributed by atoms with Crippen LogP contribution in [0.2, 0.25) is 5.15 Å². The van der Waals surface area contributed by atoms with Gasteiger partial charge in [-0.15, -0.1) is 0 Å². The summed E-state index contributed by atoms with van der Waals surface area (Å²) in [5.74, 6) is -0.530. The number of halogens is 2. The highest BCUT2D eigenvalue weighted by atomic mass is 35.5. The van der Waals surface area contributed by atoms with Crippen molar-refractivity contribution in [3.63, 3.8) is 0 Å². The van der Waals surface area contributed by atoms with Crippen LogP contribution in [0.5, 0.6) is 0 Å². The van der Waals surface area contributed by atoms with Gasteiger partial charge >= 0.3 is 0 Å². The maximum absolute atomic E-state index is 12.6. The highest BCUT2D eigenvalue weighted by molar-refractivity contribution is 7.92. The fraction of sp³-hybridized carbons (Fsp3) is 0. The summed E-state index contributed by atoms with van der Waals surface area (Å²) in [6, 6.07) is 4.98. The number of nitrogens with zero attached hydrogens (tertiary/aromatic N) is 2. The Hall–Kier alpha value is -1.73. The Balaban J connectivity index is 2.27. The van der Waals surface area contributed by atoms with Gasteiger partial charge in [0.2, 0.25) is 0 Å². The number of hydrogen-bond acceptors (Lipinski definition) is 4. The second-order valence-corrected chi connectivity index (χ2v) is 5.35. The second-order valence-electron chi connectivity index (χ2n) is 3.28. The quantitative estimate of drug-likeness (QED) is 0.877. The number of hydrogen-bond donors (Lipinski definition) is 1. The molecule has 2 heterocycles. The van der Waals surface area contributed by atoms with Crippen LogP contribution in [0.3, 0.4) is 0 Å². The molecule has 0 aliphatic rings. The predicted molar refractivity (Wildman–Crippen MR) is 64.3 cm³/mol. The molecule has 8 heteroatoms. The molecule has 0 aliphatic heterocycles. The zero-order valence-electron chi connectivity index (χ0n) is 8.84. The number of anilines is 1. The van der Waals surface area contributed by atoms with E-state index in [1.165, 1.54) is 18.2 Å². The van der Waals surface area contributed by atoms with E-state index in [0.717, 1.165) is 18.5 Å². The molecule has 2 rings (SSSR count). The highest BCUT2D eigenvalue weighted by Gasteiger charge is 2.15. The van der Waals surface area contributed by atoms with Crippen LogP contribution in [0.25, 0.3) is 0 Å². The van der Waals surface area contributed by atoms with Crippen LogP contribution >= 0.6 is 11.6 Å². The van der Waals surface area contributed by atoms with Gasteiger partial charge in [-0.05, 0) is 24.3 Å². The topological polar surface area (TPSA) is 72.0 Å². The lowest BCUT2D eigenvalue weighted by Gasteiger charge is -2.06. The first kappa shape index (κ1) is 12.7. The third-order valence-corrected chi connectivity index (χ3v) is 3.54. The van der Waals surface area contributed by atoms with E-state index < -0.39 is 15.8 Å². The van der Waals surface area contributed by atoms with Crippen molar-refractivity contribution in [2.45, 2.75) is 4.90 Å². The summed E-state index contributed by atoms with van der Waals surface area (Å²) in [5.41, 5.74) is 0. The van der Waals surface area contributed by atoms with Crippen molar-refractivity contribution in [2.75, 3.05) is 4.72 Å². The summed E-state index contributed by atoms with van der Waals surface area (Å²) in [5, 5.41) is 0.189. The van der Waals surface area contributed by atoms with Crippen LogP contribution in [0.4, 0.5) is 10.2 Å². The van der Waals surface area contributed by atoms with Crippen molar-refractivity contribution in [1.82, 2.24) is 9.97 Å². The van der Waals surface area contributed by atoms with E-state index in [1.54, 1.807) is 0 Å². The largest absolute Gasteiger partial charge is 0.264 e. The minimum Gasteiger partial charge on any atom is -0.263 e. The lowest BCUT2D eigenvalue weighted by molar-refractivity contribution is 0.600. The van der Waals surface area contributed by atoms with Gasteiger partial charge < -0.3 is 0 Å². The Morgan fingerprint density at radius 3 is 2.44 bits per heavy atom. The normalized spacial score (nSPS) is 11.2. The van der Waals surface area contributed by atoms with Crippen LogP contribution in [0.1, 0.15) is 0 Å².